The maximum atomic E-state index is 12.9. The van der Waals surface area contributed by atoms with E-state index in [-0.39, 0.29) is 10.5 Å². The number of methoxy groups -OCH3 is 1. The van der Waals surface area contributed by atoms with Crippen molar-refractivity contribution < 1.29 is 22.7 Å². The normalized spacial score (nSPS) is 11.0. The number of benzene rings is 3. The fourth-order valence-corrected chi connectivity index (χ4v) is 4.25. The summed E-state index contributed by atoms with van der Waals surface area (Å²) >= 11 is 0. The minimum absolute atomic E-state index is 0.0146. The molecule has 0 fully saturated rings. The van der Waals surface area contributed by atoms with Gasteiger partial charge < -0.3 is 9.47 Å². The number of rotatable bonds is 8. The van der Waals surface area contributed by atoms with Crippen molar-refractivity contribution in [2.45, 2.75) is 18.2 Å². The van der Waals surface area contributed by atoms with E-state index in [2.05, 4.69) is 9.46 Å². The third-order valence-corrected chi connectivity index (χ3v) is 6.01. The molecular weight excluding hydrogens is 402 g/mol. The van der Waals surface area contributed by atoms with Crippen molar-refractivity contribution in [2.24, 2.45) is 0 Å². The van der Waals surface area contributed by atoms with Gasteiger partial charge in [-0.05, 0) is 42.3 Å². The van der Waals surface area contributed by atoms with Gasteiger partial charge in [0.25, 0.3) is 10.0 Å². The van der Waals surface area contributed by atoms with Gasteiger partial charge in [-0.15, -0.1) is 0 Å². The molecule has 0 aliphatic carbocycles. The number of hydrogen-bond donors (Lipinski definition) is 1. The number of anilines is 1. The molecular formula is C23H23NO5S. The Balaban J connectivity index is 1.72. The largest absolute Gasteiger partial charge is 0.493 e. The standard InChI is InChI=1S/C23H23NO5S/c1-17-11-12-19(23(25)28-2)15-22(17)30(26,27)24-20-9-6-10-21(16-20)29-14-13-18-7-4-3-5-8-18/h3-12,15-16,24H,13-14H2,1-2H3. The summed E-state index contributed by atoms with van der Waals surface area (Å²) in [5.41, 5.74) is 2.22. The first-order valence-electron chi connectivity index (χ1n) is 9.37. The molecule has 0 aliphatic rings. The van der Waals surface area contributed by atoms with Gasteiger partial charge in [0.05, 0.1) is 29.9 Å². The van der Waals surface area contributed by atoms with Crippen molar-refractivity contribution >= 4 is 21.7 Å². The number of aryl methyl sites for hydroxylation is 1. The molecule has 0 unspecified atom stereocenters. The summed E-state index contributed by atoms with van der Waals surface area (Å²) in [6, 6.07) is 21.1. The summed E-state index contributed by atoms with van der Waals surface area (Å²) in [5, 5.41) is 0. The van der Waals surface area contributed by atoms with Crippen LogP contribution >= 0.6 is 0 Å². The fourth-order valence-electron chi connectivity index (χ4n) is 2.93. The Kier molecular flexibility index (Phi) is 6.74. The number of sulfonamides is 1. The van der Waals surface area contributed by atoms with Gasteiger partial charge in [0.2, 0.25) is 0 Å². The van der Waals surface area contributed by atoms with Gasteiger partial charge in [-0.2, -0.15) is 0 Å². The highest BCUT2D eigenvalue weighted by Gasteiger charge is 2.20. The second-order valence-corrected chi connectivity index (χ2v) is 8.34. The van der Waals surface area contributed by atoms with E-state index < -0.39 is 16.0 Å². The summed E-state index contributed by atoms with van der Waals surface area (Å²) in [6.45, 7) is 2.14. The predicted octanol–water partition coefficient (Wildman–Crippen LogP) is 4.20. The molecule has 0 aromatic heterocycles. The molecule has 1 N–H and O–H groups in total. The molecule has 0 spiro atoms. The van der Waals surface area contributed by atoms with Gasteiger partial charge in [0.15, 0.2) is 0 Å². The van der Waals surface area contributed by atoms with E-state index in [1.54, 1.807) is 37.3 Å². The number of carbonyl (C=O) groups excluding carboxylic acids is 1. The van der Waals surface area contributed by atoms with Crippen LogP contribution in [0.25, 0.3) is 0 Å². The van der Waals surface area contributed by atoms with Crippen LogP contribution in [0.4, 0.5) is 5.69 Å². The van der Waals surface area contributed by atoms with Crippen LogP contribution in [-0.2, 0) is 21.2 Å². The fraction of sp³-hybridized carbons (Fsp3) is 0.174. The van der Waals surface area contributed by atoms with Crippen molar-refractivity contribution in [3.8, 4) is 5.75 Å². The highest BCUT2D eigenvalue weighted by atomic mass is 32.2. The smallest absolute Gasteiger partial charge is 0.337 e. The molecule has 156 valence electrons. The van der Waals surface area contributed by atoms with Crippen LogP contribution in [-0.4, -0.2) is 28.1 Å². The summed E-state index contributed by atoms with van der Waals surface area (Å²) in [4.78, 5) is 11.8. The maximum absolute atomic E-state index is 12.9. The molecule has 0 aliphatic heterocycles. The lowest BCUT2D eigenvalue weighted by molar-refractivity contribution is 0.0600. The van der Waals surface area contributed by atoms with Crippen molar-refractivity contribution in [1.29, 1.82) is 0 Å². The molecule has 0 heterocycles. The van der Waals surface area contributed by atoms with Crippen LogP contribution in [0.5, 0.6) is 5.75 Å². The maximum Gasteiger partial charge on any atom is 0.337 e. The molecule has 3 rings (SSSR count). The summed E-state index contributed by atoms with van der Waals surface area (Å²) < 4.78 is 38.8. The third-order valence-electron chi connectivity index (χ3n) is 4.49. The molecule has 6 nitrogen and oxygen atoms in total. The highest BCUT2D eigenvalue weighted by molar-refractivity contribution is 7.92. The highest BCUT2D eigenvalue weighted by Crippen LogP contribution is 2.24. The minimum atomic E-state index is -3.90. The summed E-state index contributed by atoms with van der Waals surface area (Å²) in [7, 11) is -2.65. The lowest BCUT2D eigenvalue weighted by Gasteiger charge is -2.13. The first kappa shape index (κ1) is 21.4. The zero-order chi connectivity index (χ0) is 21.6. The average molecular weight is 426 g/mol. The number of hydrogen-bond acceptors (Lipinski definition) is 5. The SMILES string of the molecule is COC(=O)c1ccc(C)c(S(=O)(=O)Nc2cccc(OCCc3ccccc3)c2)c1. The molecule has 0 atom stereocenters. The summed E-state index contributed by atoms with van der Waals surface area (Å²) in [6.07, 6.45) is 0.746. The number of carbonyl (C=O) groups is 1. The van der Waals surface area contributed by atoms with Crippen molar-refractivity contribution in [2.75, 3.05) is 18.4 Å². The van der Waals surface area contributed by atoms with Gasteiger partial charge in [-0.1, -0.05) is 42.5 Å². The average Bonchev–Trinajstić information content (AvgIpc) is 2.74. The van der Waals surface area contributed by atoms with Crippen LogP contribution in [0.1, 0.15) is 21.5 Å². The van der Waals surface area contributed by atoms with E-state index in [9.17, 15) is 13.2 Å². The number of esters is 1. The van der Waals surface area contributed by atoms with E-state index in [1.165, 1.54) is 19.2 Å². The van der Waals surface area contributed by atoms with Crippen LogP contribution in [0.2, 0.25) is 0 Å². The zero-order valence-corrected chi connectivity index (χ0v) is 17.6. The van der Waals surface area contributed by atoms with Gasteiger partial charge in [0, 0.05) is 12.5 Å². The molecule has 0 amide bonds. The Morgan fingerprint density at radius 3 is 2.47 bits per heavy atom. The molecule has 0 radical (unpaired) electrons. The van der Waals surface area contributed by atoms with Crippen LogP contribution in [0, 0.1) is 6.92 Å². The Labute approximate surface area is 176 Å². The van der Waals surface area contributed by atoms with Crippen molar-refractivity contribution in [3.63, 3.8) is 0 Å². The van der Waals surface area contributed by atoms with Crippen LogP contribution < -0.4 is 9.46 Å². The number of nitrogens with one attached hydrogen (secondary N) is 1. The monoisotopic (exact) mass is 425 g/mol. The van der Waals surface area contributed by atoms with Crippen molar-refractivity contribution in [1.82, 2.24) is 0 Å². The predicted molar refractivity (Wildman–Crippen MR) is 115 cm³/mol. The van der Waals surface area contributed by atoms with Gasteiger partial charge in [-0.25, -0.2) is 13.2 Å². The lowest BCUT2D eigenvalue weighted by Crippen LogP contribution is -2.15. The van der Waals surface area contributed by atoms with Gasteiger partial charge >= 0.3 is 5.97 Å². The second kappa shape index (κ2) is 9.45. The Morgan fingerprint density at radius 1 is 0.967 bits per heavy atom. The molecule has 3 aromatic rings. The van der Waals surface area contributed by atoms with Gasteiger partial charge in [0.1, 0.15) is 5.75 Å². The molecule has 0 saturated carbocycles. The Bertz CT molecular complexity index is 1130. The topological polar surface area (TPSA) is 81.7 Å². The Hall–Kier alpha value is -3.32. The third kappa shape index (κ3) is 5.39. The Morgan fingerprint density at radius 2 is 1.73 bits per heavy atom. The molecule has 7 heteroatoms. The van der Waals surface area contributed by atoms with E-state index in [1.807, 2.05) is 30.3 Å². The molecule has 3 aromatic carbocycles. The quantitative estimate of drug-likeness (QED) is 0.547. The summed E-state index contributed by atoms with van der Waals surface area (Å²) in [5.74, 6) is -0.0357. The van der Waals surface area contributed by atoms with Crippen LogP contribution in [0.15, 0.2) is 77.7 Å². The minimum Gasteiger partial charge on any atom is -0.493 e. The van der Waals surface area contributed by atoms with E-state index in [4.69, 9.17) is 4.74 Å². The molecule has 0 bridgehead atoms. The van der Waals surface area contributed by atoms with E-state index in [0.717, 1.165) is 12.0 Å². The lowest BCUT2D eigenvalue weighted by atomic mass is 10.1. The van der Waals surface area contributed by atoms with Crippen LogP contribution in [0.3, 0.4) is 0 Å². The van der Waals surface area contributed by atoms with Crippen molar-refractivity contribution in [3.05, 3.63) is 89.5 Å². The first-order valence-corrected chi connectivity index (χ1v) is 10.9. The number of ether oxygens (including phenoxy) is 2. The second-order valence-electron chi connectivity index (χ2n) is 6.69. The zero-order valence-electron chi connectivity index (χ0n) is 16.8. The van der Waals surface area contributed by atoms with E-state index >= 15 is 0 Å². The molecule has 0 saturated heterocycles. The first-order chi connectivity index (χ1) is 14.4. The molecule has 30 heavy (non-hydrogen) atoms. The van der Waals surface area contributed by atoms with Gasteiger partial charge in [-0.3, -0.25) is 4.72 Å². The van der Waals surface area contributed by atoms with E-state index in [0.29, 0.717) is 23.6 Å².